The topological polar surface area (TPSA) is 94.3 Å². The van der Waals surface area contributed by atoms with Crippen molar-refractivity contribution in [2.24, 2.45) is 0 Å². The Labute approximate surface area is 224 Å². The molecule has 2 aliphatic heterocycles. The number of fused-ring (bicyclic) bond motifs is 1. The molecule has 0 unspecified atom stereocenters. The monoisotopic (exact) mass is 551 g/mol. The Bertz CT molecular complexity index is 1210. The van der Waals surface area contributed by atoms with Crippen LogP contribution in [0.3, 0.4) is 0 Å². The number of morpholine rings is 1. The molecular weight excluding hydrogens is 519 g/mol. The number of benzene rings is 1. The molecule has 1 amide bonds. The molecule has 0 bridgehead atoms. The van der Waals surface area contributed by atoms with E-state index in [0.29, 0.717) is 25.6 Å². The second-order valence-corrected chi connectivity index (χ2v) is 10.4. The van der Waals surface area contributed by atoms with Crippen molar-refractivity contribution in [1.29, 1.82) is 0 Å². The molecule has 0 atom stereocenters. The van der Waals surface area contributed by atoms with Crippen LogP contribution in [0.25, 0.3) is 5.57 Å². The van der Waals surface area contributed by atoms with E-state index >= 15 is 0 Å². The summed E-state index contributed by atoms with van der Waals surface area (Å²) in [5.41, 5.74) is -3.15. The maximum Gasteiger partial charge on any atom is 0.437 e. The van der Waals surface area contributed by atoms with Crippen LogP contribution in [-0.2, 0) is 25.9 Å². The standard InChI is InChI=1S/C27H32F3N3O6/c1-17(2)38-25(35)20-15-33(16-26(3,4)23-21(20)22(31-39-23)27(28,29)30)24(34)18-5-7-19(8-6-18)37-14-11-32-9-12-36-13-10-32/h5-8,15,17H,9-14,16H2,1-4H3. The molecule has 0 radical (unpaired) electrons. The number of alkyl halides is 3. The lowest BCUT2D eigenvalue weighted by atomic mass is 9.86. The van der Waals surface area contributed by atoms with Crippen LogP contribution in [0.15, 0.2) is 35.0 Å². The number of rotatable bonds is 7. The van der Waals surface area contributed by atoms with Gasteiger partial charge in [-0.25, -0.2) is 4.79 Å². The Kier molecular flexibility index (Phi) is 8.36. The highest BCUT2D eigenvalue weighted by atomic mass is 19.4. The van der Waals surface area contributed by atoms with E-state index in [0.717, 1.165) is 25.8 Å². The summed E-state index contributed by atoms with van der Waals surface area (Å²) in [6, 6.07) is 6.46. The minimum Gasteiger partial charge on any atom is -0.492 e. The summed E-state index contributed by atoms with van der Waals surface area (Å²) >= 11 is 0. The van der Waals surface area contributed by atoms with Crippen LogP contribution in [0.5, 0.6) is 5.75 Å². The summed E-state index contributed by atoms with van der Waals surface area (Å²) in [7, 11) is 0. The summed E-state index contributed by atoms with van der Waals surface area (Å²) in [5.74, 6) is -1.10. The maximum atomic E-state index is 13.8. The Balaban J connectivity index is 1.59. The lowest BCUT2D eigenvalue weighted by molar-refractivity contribution is -0.143. The number of amides is 1. The Morgan fingerprint density at radius 2 is 1.79 bits per heavy atom. The van der Waals surface area contributed by atoms with Gasteiger partial charge in [-0.15, -0.1) is 0 Å². The fourth-order valence-electron chi connectivity index (χ4n) is 4.50. The van der Waals surface area contributed by atoms with Crippen molar-refractivity contribution in [3.63, 3.8) is 0 Å². The lowest BCUT2D eigenvalue weighted by Gasteiger charge is -2.27. The van der Waals surface area contributed by atoms with Gasteiger partial charge in [-0.3, -0.25) is 9.69 Å². The van der Waals surface area contributed by atoms with E-state index in [1.165, 1.54) is 4.90 Å². The molecule has 4 rings (SSSR count). The molecule has 0 spiro atoms. The molecular formula is C27H32F3N3O6. The SMILES string of the molecule is CC(C)OC(=O)C1=CN(C(=O)c2ccc(OCCN3CCOCC3)cc2)CC(C)(C)c2onc(C(F)(F)F)c21. The van der Waals surface area contributed by atoms with Crippen molar-refractivity contribution in [2.75, 3.05) is 46.0 Å². The maximum absolute atomic E-state index is 13.8. The third kappa shape index (κ3) is 6.62. The highest BCUT2D eigenvalue weighted by molar-refractivity contribution is 6.18. The normalized spacial score (nSPS) is 17.8. The van der Waals surface area contributed by atoms with Gasteiger partial charge in [-0.05, 0) is 38.1 Å². The molecule has 9 nitrogen and oxygen atoms in total. The number of aromatic nitrogens is 1. The minimum atomic E-state index is -4.89. The Hall–Kier alpha value is -3.38. The van der Waals surface area contributed by atoms with E-state index < -0.39 is 46.4 Å². The number of ether oxygens (including phenoxy) is 3. The van der Waals surface area contributed by atoms with E-state index in [-0.39, 0.29) is 17.9 Å². The number of esters is 1. The third-order valence-corrected chi connectivity index (χ3v) is 6.40. The predicted octanol–water partition coefficient (Wildman–Crippen LogP) is 4.13. The molecule has 2 aromatic rings. The van der Waals surface area contributed by atoms with Crippen LogP contribution in [-0.4, -0.2) is 78.9 Å². The first-order chi connectivity index (χ1) is 18.4. The quantitative estimate of drug-likeness (QED) is 0.475. The molecule has 39 heavy (non-hydrogen) atoms. The highest BCUT2D eigenvalue weighted by Crippen LogP contribution is 2.43. The van der Waals surface area contributed by atoms with Crippen molar-refractivity contribution in [3.05, 3.63) is 53.0 Å². The first kappa shape index (κ1) is 28.6. The van der Waals surface area contributed by atoms with Crippen LogP contribution in [0, 0.1) is 0 Å². The Morgan fingerprint density at radius 3 is 2.41 bits per heavy atom. The number of carbonyl (C=O) groups is 2. The molecule has 0 aliphatic carbocycles. The van der Waals surface area contributed by atoms with Crippen LogP contribution in [0.4, 0.5) is 13.2 Å². The van der Waals surface area contributed by atoms with E-state index in [1.807, 2.05) is 0 Å². The average molecular weight is 552 g/mol. The number of carbonyl (C=O) groups excluding carboxylic acids is 2. The average Bonchev–Trinajstić information content (AvgIpc) is 3.29. The second-order valence-electron chi connectivity index (χ2n) is 10.4. The van der Waals surface area contributed by atoms with Gasteiger partial charge in [0.05, 0.1) is 30.5 Å². The smallest absolute Gasteiger partial charge is 0.437 e. The van der Waals surface area contributed by atoms with E-state index in [2.05, 4.69) is 10.1 Å². The lowest BCUT2D eigenvalue weighted by Crippen LogP contribution is -2.38. The van der Waals surface area contributed by atoms with Crippen molar-refractivity contribution in [3.8, 4) is 5.75 Å². The summed E-state index contributed by atoms with van der Waals surface area (Å²) in [4.78, 5) is 29.9. The van der Waals surface area contributed by atoms with Crippen molar-refractivity contribution in [1.82, 2.24) is 15.0 Å². The minimum absolute atomic E-state index is 0.0679. The van der Waals surface area contributed by atoms with Gasteiger partial charge < -0.3 is 23.6 Å². The van der Waals surface area contributed by atoms with Crippen molar-refractivity contribution in [2.45, 2.75) is 45.4 Å². The zero-order chi connectivity index (χ0) is 28.4. The van der Waals surface area contributed by atoms with Gasteiger partial charge in [-0.2, -0.15) is 13.2 Å². The van der Waals surface area contributed by atoms with E-state index in [1.54, 1.807) is 52.0 Å². The summed E-state index contributed by atoms with van der Waals surface area (Å²) in [6.45, 7) is 10.6. The predicted molar refractivity (Wildman–Crippen MR) is 134 cm³/mol. The first-order valence-electron chi connectivity index (χ1n) is 12.7. The van der Waals surface area contributed by atoms with Crippen molar-refractivity contribution >= 4 is 17.4 Å². The number of hydrogen-bond acceptors (Lipinski definition) is 8. The molecule has 212 valence electrons. The van der Waals surface area contributed by atoms with Gasteiger partial charge in [-0.1, -0.05) is 19.0 Å². The third-order valence-electron chi connectivity index (χ3n) is 6.40. The van der Waals surface area contributed by atoms with Crippen LogP contribution in [0.1, 0.15) is 55.1 Å². The molecule has 1 fully saturated rings. The number of hydrogen-bond donors (Lipinski definition) is 0. The second kappa shape index (κ2) is 11.4. The fourth-order valence-corrected chi connectivity index (χ4v) is 4.50. The van der Waals surface area contributed by atoms with Gasteiger partial charge in [0.25, 0.3) is 5.91 Å². The zero-order valence-corrected chi connectivity index (χ0v) is 22.3. The largest absolute Gasteiger partial charge is 0.492 e. The molecule has 12 heteroatoms. The number of nitrogens with zero attached hydrogens (tertiary/aromatic N) is 3. The molecule has 1 aromatic heterocycles. The van der Waals surface area contributed by atoms with Crippen LogP contribution in [0.2, 0.25) is 0 Å². The highest BCUT2D eigenvalue weighted by Gasteiger charge is 2.47. The first-order valence-corrected chi connectivity index (χ1v) is 12.7. The molecule has 0 saturated carbocycles. The summed E-state index contributed by atoms with van der Waals surface area (Å²) in [6.07, 6.45) is -4.40. The fraction of sp³-hybridized carbons (Fsp3) is 0.519. The Morgan fingerprint density at radius 1 is 1.13 bits per heavy atom. The van der Waals surface area contributed by atoms with Crippen molar-refractivity contribution < 1.29 is 41.5 Å². The van der Waals surface area contributed by atoms with Gasteiger partial charge in [0.1, 0.15) is 12.4 Å². The summed E-state index contributed by atoms with van der Waals surface area (Å²) in [5, 5.41) is 3.23. The molecule has 1 aromatic carbocycles. The van der Waals surface area contributed by atoms with Gasteiger partial charge in [0, 0.05) is 43.4 Å². The van der Waals surface area contributed by atoms with Crippen LogP contribution < -0.4 is 4.74 Å². The van der Waals surface area contributed by atoms with Gasteiger partial charge in [0.15, 0.2) is 11.5 Å². The van der Waals surface area contributed by atoms with E-state index in [9.17, 15) is 22.8 Å². The molecule has 1 saturated heterocycles. The van der Waals surface area contributed by atoms with Crippen LogP contribution >= 0.6 is 0 Å². The van der Waals surface area contributed by atoms with Gasteiger partial charge >= 0.3 is 12.1 Å². The van der Waals surface area contributed by atoms with E-state index in [4.69, 9.17) is 18.7 Å². The molecule has 0 N–H and O–H groups in total. The molecule has 3 heterocycles. The zero-order valence-electron chi connectivity index (χ0n) is 22.3. The van der Waals surface area contributed by atoms with Gasteiger partial charge in [0.2, 0.25) is 0 Å². The summed E-state index contributed by atoms with van der Waals surface area (Å²) < 4.78 is 63.0. The molecule has 2 aliphatic rings. The number of halogens is 3.